The summed E-state index contributed by atoms with van der Waals surface area (Å²) in [6.45, 7) is 3.13. The fraction of sp³-hybridized carbons (Fsp3) is 0.500. The number of benzene rings is 1. The van der Waals surface area contributed by atoms with Crippen molar-refractivity contribution in [2.45, 2.75) is 12.8 Å². The van der Waals surface area contributed by atoms with E-state index < -0.39 is 0 Å². The Hall–Kier alpha value is -2.22. The van der Waals surface area contributed by atoms with E-state index in [0.717, 1.165) is 19.6 Å². The maximum absolute atomic E-state index is 12.0. The molecule has 1 heterocycles. The van der Waals surface area contributed by atoms with Crippen molar-refractivity contribution in [3.8, 4) is 6.07 Å². The molecule has 0 aromatic heterocycles. The van der Waals surface area contributed by atoms with Gasteiger partial charge in [-0.2, -0.15) is 5.26 Å². The van der Waals surface area contributed by atoms with E-state index in [1.54, 1.807) is 11.9 Å². The lowest BCUT2D eigenvalue weighted by molar-refractivity contribution is -0.129. The van der Waals surface area contributed by atoms with E-state index in [9.17, 15) is 4.79 Å². The molecule has 0 aliphatic carbocycles. The van der Waals surface area contributed by atoms with E-state index >= 15 is 0 Å². The van der Waals surface area contributed by atoms with Gasteiger partial charge in [0, 0.05) is 46.7 Å². The number of rotatable bonds is 5. The highest BCUT2D eigenvalue weighted by atomic mass is 16.2. The van der Waals surface area contributed by atoms with Gasteiger partial charge in [0.1, 0.15) is 0 Å². The summed E-state index contributed by atoms with van der Waals surface area (Å²) in [6.07, 6.45) is 0.875. The Morgan fingerprint density at radius 1 is 1.33 bits per heavy atom. The number of anilines is 2. The highest BCUT2D eigenvalue weighted by molar-refractivity contribution is 5.78. The molecule has 0 radical (unpaired) electrons. The second-order valence-corrected chi connectivity index (χ2v) is 5.37. The number of hydrogen-bond donors (Lipinski definition) is 0. The van der Waals surface area contributed by atoms with Crippen molar-refractivity contribution in [3.63, 3.8) is 0 Å². The summed E-state index contributed by atoms with van der Waals surface area (Å²) in [5, 5.41) is 8.56. The third-order valence-electron chi connectivity index (χ3n) is 3.92. The van der Waals surface area contributed by atoms with Crippen molar-refractivity contribution >= 4 is 17.3 Å². The molecule has 112 valence electrons. The van der Waals surface area contributed by atoms with Crippen LogP contribution in [0.4, 0.5) is 11.4 Å². The first-order valence-corrected chi connectivity index (χ1v) is 7.29. The number of likely N-dealkylation sites (N-methyl/N-ethyl adjacent to an activating group) is 1. The molecule has 1 aromatic rings. The van der Waals surface area contributed by atoms with Gasteiger partial charge in [-0.15, -0.1) is 0 Å². The number of fused-ring (bicyclic) bond motifs is 1. The Balaban J connectivity index is 1.94. The zero-order valence-corrected chi connectivity index (χ0v) is 12.7. The summed E-state index contributed by atoms with van der Waals surface area (Å²) in [5.74, 6) is 0.0988. The maximum Gasteiger partial charge on any atom is 0.224 e. The van der Waals surface area contributed by atoms with Crippen LogP contribution in [0.2, 0.25) is 0 Å². The largest absolute Gasteiger partial charge is 0.371 e. The van der Waals surface area contributed by atoms with Gasteiger partial charge in [-0.3, -0.25) is 4.79 Å². The molecule has 1 aliphatic heterocycles. The lowest BCUT2D eigenvalue weighted by Gasteiger charge is -2.37. The zero-order valence-electron chi connectivity index (χ0n) is 12.7. The Bertz CT molecular complexity index is 537. The average Bonchev–Trinajstić information content (AvgIpc) is 2.52. The molecule has 0 fully saturated rings. The van der Waals surface area contributed by atoms with Crippen molar-refractivity contribution in [1.29, 1.82) is 5.26 Å². The standard InChI is InChI=1S/C16H22N4O/c1-18-12-13-20(15-7-4-3-6-14(15)18)11-8-16(21)19(2)10-5-9-17/h3-4,6-7H,5,8,10-13H2,1-2H3. The Labute approximate surface area is 126 Å². The molecule has 0 saturated carbocycles. The molecule has 1 amide bonds. The number of hydrogen-bond acceptors (Lipinski definition) is 4. The van der Waals surface area contributed by atoms with Crippen LogP contribution in [-0.2, 0) is 4.79 Å². The molecule has 0 bridgehead atoms. The van der Waals surface area contributed by atoms with E-state index in [-0.39, 0.29) is 5.91 Å². The second-order valence-electron chi connectivity index (χ2n) is 5.37. The molecule has 0 saturated heterocycles. The van der Waals surface area contributed by atoms with E-state index in [0.29, 0.717) is 19.4 Å². The first kappa shape index (κ1) is 15.2. The number of carbonyl (C=O) groups excluding carboxylic acids is 1. The lowest BCUT2D eigenvalue weighted by Crippen LogP contribution is -2.41. The molecule has 5 heteroatoms. The van der Waals surface area contributed by atoms with Crippen molar-refractivity contribution in [3.05, 3.63) is 24.3 Å². The predicted octanol–water partition coefficient (Wildman–Crippen LogP) is 1.70. The van der Waals surface area contributed by atoms with Gasteiger partial charge < -0.3 is 14.7 Å². The minimum absolute atomic E-state index is 0.0988. The van der Waals surface area contributed by atoms with Crippen LogP contribution in [0.1, 0.15) is 12.8 Å². The van der Waals surface area contributed by atoms with Crippen LogP contribution >= 0.6 is 0 Å². The number of nitrogens with zero attached hydrogens (tertiary/aromatic N) is 4. The van der Waals surface area contributed by atoms with Crippen molar-refractivity contribution in [2.24, 2.45) is 0 Å². The third kappa shape index (κ3) is 3.66. The van der Waals surface area contributed by atoms with Gasteiger partial charge in [-0.05, 0) is 12.1 Å². The molecule has 0 N–H and O–H groups in total. The number of para-hydroxylation sites is 2. The number of nitriles is 1. The van der Waals surface area contributed by atoms with Gasteiger partial charge in [0.2, 0.25) is 5.91 Å². The van der Waals surface area contributed by atoms with Crippen molar-refractivity contribution in [2.75, 3.05) is 50.1 Å². The van der Waals surface area contributed by atoms with Crippen molar-refractivity contribution in [1.82, 2.24) is 4.90 Å². The summed E-state index contributed by atoms with van der Waals surface area (Å²) in [7, 11) is 3.86. The van der Waals surface area contributed by atoms with Crippen LogP contribution < -0.4 is 9.80 Å². The fourth-order valence-corrected chi connectivity index (χ4v) is 2.56. The molecule has 0 spiro atoms. The summed E-state index contributed by atoms with van der Waals surface area (Å²) < 4.78 is 0. The van der Waals surface area contributed by atoms with Gasteiger partial charge in [0.15, 0.2) is 0 Å². The minimum atomic E-state index is 0.0988. The quantitative estimate of drug-likeness (QED) is 0.827. The average molecular weight is 286 g/mol. The first-order chi connectivity index (χ1) is 10.1. The summed E-state index contributed by atoms with van der Waals surface area (Å²) >= 11 is 0. The summed E-state index contributed by atoms with van der Waals surface area (Å²) in [4.78, 5) is 18.2. The van der Waals surface area contributed by atoms with E-state index in [4.69, 9.17) is 5.26 Å². The van der Waals surface area contributed by atoms with Crippen molar-refractivity contribution < 1.29 is 4.79 Å². The van der Waals surface area contributed by atoms with Crippen LogP contribution in [0.5, 0.6) is 0 Å². The smallest absolute Gasteiger partial charge is 0.224 e. The lowest BCUT2D eigenvalue weighted by atomic mass is 10.1. The molecular formula is C16H22N4O. The normalized spacial score (nSPS) is 13.6. The Kier molecular flexibility index (Phi) is 5.04. The van der Waals surface area contributed by atoms with Gasteiger partial charge >= 0.3 is 0 Å². The molecule has 21 heavy (non-hydrogen) atoms. The van der Waals surface area contributed by atoms with Crippen LogP contribution in [0, 0.1) is 11.3 Å². The molecular weight excluding hydrogens is 264 g/mol. The first-order valence-electron chi connectivity index (χ1n) is 7.29. The second kappa shape index (κ2) is 6.98. The SMILES string of the molecule is CN(CCC#N)C(=O)CCN1CCN(C)c2ccccc21. The van der Waals surface area contributed by atoms with Crippen LogP contribution in [-0.4, -0.2) is 51.1 Å². The van der Waals surface area contributed by atoms with Crippen LogP contribution in [0.3, 0.4) is 0 Å². The van der Waals surface area contributed by atoms with Crippen LogP contribution in [0.15, 0.2) is 24.3 Å². The number of amides is 1. The molecule has 0 unspecified atom stereocenters. The van der Waals surface area contributed by atoms with Crippen LogP contribution in [0.25, 0.3) is 0 Å². The highest BCUT2D eigenvalue weighted by Gasteiger charge is 2.20. The van der Waals surface area contributed by atoms with Gasteiger partial charge in [0.25, 0.3) is 0 Å². The molecule has 0 atom stereocenters. The van der Waals surface area contributed by atoms with Gasteiger partial charge in [0.05, 0.1) is 23.9 Å². The third-order valence-corrected chi connectivity index (χ3v) is 3.92. The summed E-state index contributed by atoms with van der Waals surface area (Å²) in [5.41, 5.74) is 2.41. The van der Waals surface area contributed by atoms with E-state index in [1.165, 1.54) is 11.4 Å². The minimum Gasteiger partial charge on any atom is -0.371 e. The Morgan fingerprint density at radius 3 is 2.76 bits per heavy atom. The monoisotopic (exact) mass is 286 g/mol. The fourth-order valence-electron chi connectivity index (χ4n) is 2.56. The van der Waals surface area contributed by atoms with E-state index in [1.807, 2.05) is 12.1 Å². The van der Waals surface area contributed by atoms with Gasteiger partial charge in [-0.1, -0.05) is 12.1 Å². The molecule has 1 aromatic carbocycles. The predicted molar refractivity (Wildman–Crippen MR) is 84.4 cm³/mol. The summed E-state index contributed by atoms with van der Waals surface area (Å²) in [6, 6.07) is 10.4. The van der Waals surface area contributed by atoms with Gasteiger partial charge in [-0.25, -0.2) is 0 Å². The maximum atomic E-state index is 12.0. The zero-order chi connectivity index (χ0) is 15.2. The molecule has 2 rings (SSSR count). The van der Waals surface area contributed by atoms with E-state index in [2.05, 4.69) is 35.0 Å². The molecule has 1 aliphatic rings. The Morgan fingerprint density at radius 2 is 2.05 bits per heavy atom. The molecule has 5 nitrogen and oxygen atoms in total. The number of carbonyl (C=O) groups is 1. The topological polar surface area (TPSA) is 50.6 Å². The highest BCUT2D eigenvalue weighted by Crippen LogP contribution is 2.31.